The lowest BCUT2D eigenvalue weighted by Gasteiger charge is -2.10. The van der Waals surface area contributed by atoms with Crippen LogP contribution in [0.1, 0.15) is 26.3 Å². The van der Waals surface area contributed by atoms with Crippen molar-refractivity contribution in [2.75, 3.05) is 7.11 Å². The molecule has 0 aliphatic rings. The molecule has 0 fully saturated rings. The fourth-order valence-electron chi connectivity index (χ4n) is 2.47. The second kappa shape index (κ2) is 9.33. The molecule has 0 aliphatic carbocycles. The Morgan fingerprint density at radius 2 is 1.77 bits per heavy atom. The molecule has 0 radical (unpaired) electrons. The lowest BCUT2D eigenvalue weighted by Crippen LogP contribution is -2.17. The minimum absolute atomic E-state index is 0.0536. The number of hydrogen-bond donors (Lipinski definition) is 2. The van der Waals surface area contributed by atoms with Crippen molar-refractivity contribution in [3.05, 3.63) is 89.2 Å². The molecular weight excluding hydrogens is 391 g/mol. The average Bonchev–Trinajstić information content (AvgIpc) is 2.75. The molecule has 1 amide bonds. The van der Waals surface area contributed by atoms with E-state index in [-0.39, 0.29) is 22.8 Å². The number of rotatable bonds is 6. The molecule has 3 aromatic rings. The number of carbonyl (C=O) groups is 2. The summed E-state index contributed by atoms with van der Waals surface area (Å²) in [5.74, 6) is -1.60. The number of halogens is 1. The molecule has 30 heavy (non-hydrogen) atoms. The summed E-state index contributed by atoms with van der Waals surface area (Å²) in [4.78, 5) is 24.2. The zero-order valence-corrected chi connectivity index (χ0v) is 15.8. The molecule has 0 bridgehead atoms. The smallest absolute Gasteiger partial charge is 0.346 e. The summed E-state index contributed by atoms with van der Waals surface area (Å²) in [5, 5.41) is 13.1. The molecule has 7 nitrogen and oxygen atoms in total. The lowest BCUT2D eigenvalue weighted by molar-refractivity contribution is 0.0724. The second-order valence-electron chi connectivity index (χ2n) is 6.03. The van der Waals surface area contributed by atoms with Crippen LogP contribution in [-0.4, -0.2) is 30.3 Å². The van der Waals surface area contributed by atoms with E-state index in [1.807, 2.05) is 0 Å². The lowest BCUT2D eigenvalue weighted by atomic mass is 10.2. The highest BCUT2D eigenvalue weighted by atomic mass is 19.1. The van der Waals surface area contributed by atoms with Gasteiger partial charge in [0.15, 0.2) is 11.5 Å². The van der Waals surface area contributed by atoms with Gasteiger partial charge in [-0.1, -0.05) is 12.1 Å². The van der Waals surface area contributed by atoms with Crippen LogP contribution in [-0.2, 0) is 0 Å². The second-order valence-corrected chi connectivity index (χ2v) is 6.03. The quantitative estimate of drug-likeness (QED) is 0.282. The fraction of sp³-hybridized carbons (Fsp3) is 0.0455. The highest BCUT2D eigenvalue weighted by molar-refractivity contribution is 5.95. The minimum Gasteiger partial charge on any atom is -0.508 e. The molecular formula is C22H17FN2O5. The Labute approximate surface area is 171 Å². The van der Waals surface area contributed by atoms with Crippen LogP contribution in [0.2, 0.25) is 0 Å². The third-order valence-electron chi connectivity index (χ3n) is 3.99. The summed E-state index contributed by atoms with van der Waals surface area (Å²) in [6, 6.07) is 15.8. The summed E-state index contributed by atoms with van der Waals surface area (Å²) in [5.41, 5.74) is 3.06. The standard InChI is InChI=1S/C22H17FN2O5/c1-29-20-12-14(13-24-25-21(27)15-7-9-16(26)10-8-15)6-11-19(20)30-22(28)17-4-2-3-5-18(17)23/h2-13,26H,1H3,(H,25,27)/b24-13+. The number of carbonyl (C=O) groups excluding carboxylic acids is 2. The van der Waals surface area contributed by atoms with Gasteiger partial charge in [-0.05, 0) is 60.2 Å². The molecule has 0 unspecified atom stereocenters. The zero-order chi connectivity index (χ0) is 21.5. The van der Waals surface area contributed by atoms with Crippen molar-refractivity contribution < 1.29 is 28.6 Å². The molecule has 0 heterocycles. The van der Waals surface area contributed by atoms with E-state index in [0.717, 1.165) is 0 Å². The summed E-state index contributed by atoms with van der Waals surface area (Å²) in [6.45, 7) is 0. The maximum atomic E-state index is 13.7. The Balaban J connectivity index is 1.68. The number of methoxy groups -OCH3 is 1. The van der Waals surface area contributed by atoms with Crippen LogP contribution < -0.4 is 14.9 Å². The van der Waals surface area contributed by atoms with Gasteiger partial charge in [0.05, 0.1) is 18.9 Å². The van der Waals surface area contributed by atoms with E-state index >= 15 is 0 Å². The van der Waals surface area contributed by atoms with Crippen molar-refractivity contribution in [3.63, 3.8) is 0 Å². The summed E-state index contributed by atoms with van der Waals surface area (Å²) < 4.78 is 24.2. The van der Waals surface area contributed by atoms with Gasteiger partial charge >= 0.3 is 5.97 Å². The van der Waals surface area contributed by atoms with Gasteiger partial charge in [0.2, 0.25) is 0 Å². The van der Waals surface area contributed by atoms with Crippen molar-refractivity contribution in [1.29, 1.82) is 0 Å². The van der Waals surface area contributed by atoms with Gasteiger partial charge in [-0.25, -0.2) is 14.6 Å². The number of nitrogens with one attached hydrogen (secondary N) is 1. The van der Waals surface area contributed by atoms with Crippen LogP contribution in [0.5, 0.6) is 17.2 Å². The van der Waals surface area contributed by atoms with Crippen molar-refractivity contribution >= 4 is 18.1 Å². The molecule has 152 valence electrons. The molecule has 0 atom stereocenters. The van der Waals surface area contributed by atoms with Crippen LogP contribution in [0.15, 0.2) is 71.8 Å². The third kappa shape index (κ3) is 4.99. The average molecular weight is 408 g/mol. The zero-order valence-electron chi connectivity index (χ0n) is 15.8. The number of ether oxygens (including phenoxy) is 2. The van der Waals surface area contributed by atoms with E-state index in [1.54, 1.807) is 12.1 Å². The normalized spacial score (nSPS) is 10.6. The monoisotopic (exact) mass is 408 g/mol. The summed E-state index contributed by atoms with van der Waals surface area (Å²) in [6.07, 6.45) is 1.38. The molecule has 0 saturated carbocycles. The number of nitrogens with zero attached hydrogens (tertiary/aromatic N) is 1. The SMILES string of the molecule is COc1cc(/C=N/NC(=O)c2ccc(O)cc2)ccc1OC(=O)c1ccccc1F. The van der Waals surface area contributed by atoms with Crippen LogP contribution in [0.25, 0.3) is 0 Å². The first kappa shape index (κ1) is 20.5. The first-order valence-electron chi connectivity index (χ1n) is 8.75. The Kier molecular flexibility index (Phi) is 6.39. The first-order chi connectivity index (χ1) is 14.5. The molecule has 0 aromatic heterocycles. The molecule has 0 aliphatic heterocycles. The van der Waals surface area contributed by atoms with Crippen molar-refractivity contribution in [2.24, 2.45) is 5.10 Å². The number of hydrazone groups is 1. The van der Waals surface area contributed by atoms with Crippen LogP contribution in [0, 0.1) is 5.82 Å². The van der Waals surface area contributed by atoms with Crippen LogP contribution in [0.4, 0.5) is 4.39 Å². The Bertz CT molecular complexity index is 1100. The topological polar surface area (TPSA) is 97.2 Å². The van der Waals surface area contributed by atoms with Gasteiger partial charge < -0.3 is 14.6 Å². The number of hydrogen-bond acceptors (Lipinski definition) is 6. The van der Waals surface area contributed by atoms with E-state index in [9.17, 15) is 19.1 Å². The van der Waals surface area contributed by atoms with Gasteiger partial charge in [0, 0.05) is 5.56 Å². The van der Waals surface area contributed by atoms with Gasteiger partial charge in [-0.3, -0.25) is 4.79 Å². The summed E-state index contributed by atoms with van der Waals surface area (Å²) >= 11 is 0. The number of esters is 1. The maximum absolute atomic E-state index is 13.7. The molecule has 3 rings (SSSR count). The fourth-order valence-corrected chi connectivity index (χ4v) is 2.47. The number of benzene rings is 3. The predicted octanol–water partition coefficient (Wildman–Crippen LogP) is 3.52. The number of amides is 1. The molecule has 0 saturated heterocycles. The van der Waals surface area contributed by atoms with E-state index < -0.39 is 17.7 Å². The highest BCUT2D eigenvalue weighted by Gasteiger charge is 2.16. The number of phenolic OH excluding ortho intramolecular Hbond substituents is 1. The first-order valence-corrected chi connectivity index (χ1v) is 8.75. The van der Waals surface area contributed by atoms with E-state index in [1.165, 1.54) is 67.9 Å². The van der Waals surface area contributed by atoms with Crippen LogP contribution >= 0.6 is 0 Å². The van der Waals surface area contributed by atoms with Gasteiger partial charge in [0.25, 0.3) is 5.91 Å². The molecule has 0 spiro atoms. The maximum Gasteiger partial charge on any atom is 0.346 e. The van der Waals surface area contributed by atoms with Crippen molar-refractivity contribution in [2.45, 2.75) is 0 Å². The Morgan fingerprint density at radius 1 is 1.03 bits per heavy atom. The van der Waals surface area contributed by atoms with E-state index in [2.05, 4.69) is 10.5 Å². The van der Waals surface area contributed by atoms with E-state index in [0.29, 0.717) is 11.1 Å². The summed E-state index contributed by atoms with van der Waals surface area (Å²) in [7, 11) is 1.39. The largest absolute Gasteiger partial charge is 0.508 e. The van der Waals surface area contributed by atoms with Gasteiger partial charge in [0.1, 0.15) is 11.6 Å². The number of aromatic hydroxyl groups is 1. The van der Waals surface area contributed by atoms with E-state index in [4.69, 9.17) is 9.47 Å². The predicted molar refractivity (Wildman–Crippen MR) is 108 cm³/mol. The highest BCUT2D eigenvalue weighted by Crippen LogP contribution is 2.28. The Hall–Kier alpha value is -4.20. The minimum atomic E-state index is -0.853. The molecule has 2 N–H and O–H groups in total. The number of phenols is 1. The Morgan fingerprint density at radius 3 is 2.47 bits per heavy atom. The third-order valence-corrected chi connectivity index (χ3v) is 3.99. The van der Waals surface area contributed by atoms with Crippen LogP contribution in [0.3, 0.4) is 0 Å². The van der Waals surface area contributed by atoms with Gasteiger partial charge in [-0.15, -0.1) is 0 Å². The molecule has 3 aromatic carbocycles. The van der Waals surface area contributed by atoms with Gasteiger partial charge in [-0.2, -0.15) is 5.10 Å². The van der Waals surface area contributed by atoms with Crippen molar-refractivity contribution in [1.82, 2.24) is 5.43 Å². The van der Waals surface area contributed by atoms with Crippen molar-refractivity contribution in [3.8, 4) is 17.2 Å². The molecule has 8 heteroatoms.